The summed E-state index contributed by atoms with van der Waals surface area (Å²) < 4.78 is 0. The Morgan fingerprint density at radius 3 is 2.41 bits per heavy atom. The molecular weight excluding hydrogens is 280 g/mol. The number of nitrogens with two attached hydrogens (primary N) is 1. The molecule has 3 amide bonds. The van der Waals surface area contributed by atoms with E-state index in [2.05, 4.69) is 11.4 Å². The maximum absolute atomic E-state index is 12.8. The summed E-state index contributed by atoms with van der Waals surface area (Å²) in [5.41, 5.74) is 7.21. The molecule has 1 unspecified atom stereocenters. The summed E-state index contributed by atoms with van der Waals surface area (Å²) in [6.45, 7) is 4.03. The van der Waals surface area contributed by atoms with E-state index in [-0.39, 0.29) is 5.91 Å². The van der Waals surface area contributed by atoms with Crippen LogP contribution in [0.5, 0.6) is 0 Å². The molecule has 3 rings (SSSR count). The van der Waals surface area contributed by atoms with Crippen molar-refractivity contribution in [1.82, 2.24) is 15.1 Å². The predicted octanol–water partition coefficient (Wildman–Crippen LogP) is 0.600. The standard InChI is InChI=1S/C16H22N4O2/c17-16(22)20-9-7-19(8-10-20)15(21)14-4-2-1-3-13(14)12-5-6-18-11-12/h1-4,12,18H,5-11H2,(H2,17,22). The molecule has 1 aromatic rings. The van der Waals surface area contributed by atoms with Crippen LogP contribution in [0.25, 0.3) is 0 Å². The van der Waals surface area contributed by atoms with Gasteiger partial charge >= 0.3 is 6.03 Å². The van der Waals surface area contributed by atoms with Gasteiger partial charge in [-0.25, -0.2) is 4.79 Å². The van der Waals surface area contributed by atoms with Crippen molar-refractivity contribution in [2.45, 2.75) is 12.3 Å². The number of hydrogen-bond donors (Lipinski definition) is 2. The van der Waals surface area contributed by atoms with Crippen molar-refractivity contribution in [3.05, 3.63) is 35.4 Å². The van der Waals surface area contributed by atoms with Gasteiger partial charge in [-0.15, -0.1) is 0 Å². The largest absolute Gasteiger partial charge is 0.351 e. The zero-order valence-electron chi connectivity index (χ0n) is 12.6. The van der Waals surface area contributed by atoms with Gasteiger partial charge in [-0.1, -0.05) is 18.2 Å². The van der Waals surface area contributed by atoms with Crippen molar-refractivity contribution < 1.29 is 9.59 Å². The van der Waals surface area contributed by atoms with Crippen LogP contribution in [0.2, 0.25) is 0 Å². The van der Waals surface area contributed by atoms with Crippen molar-refractivity contribution in [2.24, 2.45) is 5.73 Å². The van der Waals surface area contributed by atoms with Crippen LogP contribution in [0.15, 0.2) is 24.3 Å². The Balaban J connectivity index is 1.74. The van der Waals surface area contributed by atoms with Gasteiger partial charge in [0, 0.05) is 38.3 Å². The summed E-state index contributed by atoms with van der Waals surface area (Å²) in [5, 5.41) is 3.35. The van der Waals surface area contributed by atoms with Gasteiger partial charge in [-0.2, -0.15) is 0 Å². The Labute approximate surface area is 130 Å². The molecule has 2 aliphatic heterocycles. The maximum Gasteiger partial charge on any atom is 0.314 e. The molecular formula is C16H22N4O2. The van der Waals surface area contributed by atoms with Gasteiger partial charge in [-0.05, 0) is 30.5 Å². The number of nitrogens with one attached hydrogen (secondary N) is 1. The average Bonchev–Trinajstić information content (AvgIpc) is 3.08. The summed E-state index contributed by atoms with van der Waals surface area (Å²) in [6.07, 6.45) is 1.07. The molecule has 22 heavy (non-hydrogen) atoms. The van der Waals surface area contributed by atoms with Crippen LogP contribution in [0.1, 0.15) is 28.3 Å². The SMILES string of the molecule is NC(=O)N1CCN(C(=O)c2ccccc2C2CCNC2)CC1. The minimum atomic E-state index is -0.412. The van der Waals surface area contributed by atoms with Gasteiger partial charge in [0.05, 0.1) is 0 Å². The highest BCUT2D eigenvalue weighted by atomic mass is 16.2. The van der Waals surface area contributed by atoms with Crippen LogP contribution in [0.4, 0.5) is 4.79 Å². The number of primary amides is 1. The molecule has 0 radical (unpaired) electrons. The molecule has 1 atom stereocenters. The van der Waals surface area contributed by atoms with Gasteiger partial charge in [0.25, 0.3) is 5.91 Å². The normalized spacial score (nSPS) is 21.9. The predicted molar refractivity (Wildman–Crippen MR) is 83.7 cm³/mol. The van der Waals surface area contributed by atoms with Gasteiger partial charge in [0.2, 0.25) is 0 Å². The van der Waals surface area contributed by atoms with Gasteiger partial charge in [0.1, 0.15) is 0 Å². The van der Waals surface area contributed by atoms with E-state index in [0.29, 0.717) is 32.1 Å². The lowest BCUT2D eigenvalue weighted by Crippen LogP contribution is -2.52. The molecule has 118 valence electrons. The van der Waals surface area contributed by atoms with Crippen LogP contribution < -0.4 is 11.1 Å². The molecule has 0 aromatic heterocycles. The lowest BCUT2D eigenvalue weighted by Gasteiger charge is -2.34. The quantitative estimate of drug-likeness (QED) is 0.840. The van der Waals surface area contributed by atoms with Crippen LogP contribution in [-0.4, -0.2) is 61.0 Å². The maximum atomic E-state index is 12.8. The number of urea groups is 1. The molecule has 6 heteroatoms. The fourth-order valence-electron chi connectivity index (χ4n) is 3.27. The average molecular weight is 302 g/mol. The van der Waals surface area contributed by atoms with E-state index < -0.39 is 6.03 Å². The molecule has 6 nitrogen and oxygen atoms in total. The summed E-state index contributed by atoms with van der Waals surface area (Å²) in [4.78, 5) is 27.4. The van der Waals surface area contributed by atoms with Gasteiger partial charge < -0.3 is 20.9 Å². The third-order valence-electron chi connectivity index (χ3n) is 4.57. The van der Waals surface area contributed by atoms with E-state index in [1.165, 1.54) is 0 Å². The number of benzene rings is 1. The zero-order chi connectivity index (χ0) is 15.5. The van der Waals surface area contributed by atoms with E-state index in [0.717, 1.165) is 30.6 Å². The topological polar surface area (TPSA) is 78.7 Å². The molecule has 1 aromatic carbocycles. The van der Waals surface area contributed by atoms with Crippen molar-refractivity contribution >= 4 is 11.9 Å². The summed E-state index contributed by atoms with van der Waals surface area (Å²) >= 11 is 0. The van der Waals surface area contributed by atoms with E-state index in [1.54, 1.807) is 4.90 Å². The summed E-state index contributed by atoms with van der Waals surface area (Å²) in [6, 6.07) is 7.47. The highest BCUT2D eigenvalue weighted by Gasteiger charge is 2.27. The monoisotopic (exact) mass is 302 g/mol. The molecule has 2 saturated heterocycles. The third kappa shape index (κ3) is 2.92. The van der Waals surface area contributed by atoms with E-state index in [1.807, 2.05) is 23.1 Å². The van der Waals surface area contributed by atoms with Crippen molar-refractivity contribution in [1.29, 1.82) is 0 Å². The van der Waals surface area contributed by atoms with Crippen molar-refractivity contribution in [3.8, 4) is 0 Å². The van der Waals surface area contributed by atoms with E-state index in [9.17, 15) is 9.59 Å². The first-order valence-corrected chi connectivity index (χ1v) is 7.80. The van der Waals surface area contributed by atoms with Gasteiger partial charge in [0.15, 0.2) is 0 Å². The highest BCUT2D eigenvalue weighted by molar-refractivity contribution is 5.96. The summed E-state index contributed by atoms with van der Waals surface area (Å²) in [7, 11) is 0. The van der Waals surface area contributed by atoms with Crippen LogP contribution >= 0.6 is 0 Å². The lowest BCUT2D eigenvalue weighted by atomic mass is 9.93. The third-order valence-corrected chi connectivity index (χ3v) is 4.57. The Bertz CT molecular complexity index is 561. The number of carbonyl (C=O) groups excluding carboxylic acids is 2. The molecule has 0 saturated carbocycles. The van der Waals surface area contributed by atoms with Crippen LogP contribution in [0.3, 0.4) is 0 Å². The first-order chi connectivity index (χ1) is 10.7. The van der Waals surface area contributed by atoms with E-state index >= 15 is 0 Å². The Hall–Kier alpha value is -2.08. The van der Waals surface area contributed by atoms with Crippen molar-refractivity contribution in [2.75, 3.05) is 39.3 Å². The lowest BCUT2D eigenvalue weighted by molar-refractivity contribution is 0.0668. The number of amides is 3. The smallest absolute Gasteiger partial charge is 0.314 e. The number of nitrogens with zero attached hydrogens (tertiary/aromatic N) is 2. The second-order valence-electron chi connectivity index (χ2n) is 5.89. The Morgan fingerprint density at radius 1 is 1.09 bits per heavy atom. The Kier molecular flexibility index (Phi) is 4.29. The minimum absolute atomic E-state index is 0.0617. The number of piperazine rings is 1. The van der Waals surface area contributed by atoms with Crippen LogP contribution in [0, 0.1) is 0 Å². The second kappa shape index (κ2) is 6.36. The molecule has 3 N–H and O–H groups in total. The fraction of sp³-hybridized carbons (Fsp3) is 0.500. The first-order valence-electron chi connectivity index (χ1n) is 7.80. The molecule has 2 aliphatic rings. The molecule has 2 fully saturated rings. The Morgan fingerprint density at radius 2 is 1.77 bits per heavy atom. The molecule has 0 bridgehead atoms. The highest BCUT2D eigenvalue weighted by Crippen LogP contribution is 2.26. The molecule has 2 heterocycles. The molecule has 0 spiro atoms. The number of rotatable bonds is 2. The van der Waals surface area contributed by atoms with Crippen LogP contribution in [-0.2, 0) is 0 Å². The second-order valence-corrected chi connectivity index (χ2v) is 5.89. The van der Waals surface area contributed by atoms with Gasteiger partial charge in [-0.3, -0.25) is 4.79 Å². The summed E-state index contributed by atoms with van der Waals surface area (Å²) in [5.74, 6) is 0.471. The van der Waals surface area contributed by atoms with Crippen molar-refractivity contribution in [3.63, 3.8) is 0 Å². The zero-order valence-corrected chi connectivity index (χ0v) is 12.6. The fourth-order valence-corrected chi connectivity index (χ4v) is 3.27. The minimum Gasteiger partial charge on any atom is -0.351 e. The number of hydrogen-bond acceptors (Lipinski definition) is 3. The molecule has 0 aliphatic carbocycles. The first kappa shape index (κ1) is 14.8. The van der Waals surface area contributed by atoms with E-state index in [4.69, 9.17) is 5.73 Å². The number of carbonyl (C=O) groups is 2.